The Kier molecular flexibility index (Phi) is 5.51. The fraction of sp³-hybridized carbons (Fsp3) is 0.350. The fourth-order valence-corrected chi connectivity index (χ4v) is 2.98. The third-order valence-corrected chi connectivity index (χ3v) is 4.52. The van der Waals surface area contributed by atoms with Crippen LogP contribution >= 0.6 is 0 Å². The molecule has 1 aromatic heterocycles. The van der Waals surface area contributed by atoms with Crippen LogP contribution in [0.4, 0.5) is 0 Å². The molecule has 1 aliphatic heterocycles. The number of likely N-dealkylation sites (tertiary alicyclic amines) is 1. The molecule has 6 heteroatoms. The number of nitrogens with zero attached hydrogens (tertiary/aromatic N) is 3. The van der Waals surface area contributed by atoms with Gasteiger partial charge in [0.1, 0.15) is 5.75 Å². The highest BCUT2D eigenvalue weighted by molar-refractivity contribution is 5.94. The van der Waals surface area contributed by atoms with Crippen molar-refractivity contribution in [1.29, 1.82) is 0 Å². The van der Waals surface area contributed by atoms with E-state index in [4.69, 9.17) is 4.74 Å². The summed E-state index contributed by atoms with van der Waals surface area (Å²) in [5.41, 5.74) is 1.60. The van der Waals surface area contributed by atoms with Gasteiger partial charge in [-0.1, -0.05) is 12.1 Å². The number of rotatable bonds is 5. The highest BCUT2D eigenvalue weighted by Gasteiger charge is 2.28. The van der Waals surface area contributed by atoms with Gasteiger partial charge in [0.25, 0.3) is 11.8 Å². The normalized spacial score (nSPS) is 16.4. The number of hydrogen-bond donors (Lipinski definition) is 0. The number of likely N-dealkylation sites (N-methyl/N-ethyl adjacent to an activating group) is 1. The maximum atomic E-state index is 12.8. The second-order valence-corrected chi connectivity index (χ2v) is 6.60. The molecular formula is C20H23N3O3. The lowest BCUT2D eigenvalue weighted by Gasteiger charge is -2.17. The molecule has 0 bridgehead atoms. The van der Waals surface area contributed by atoms with E-state index >= 15 is 0 Å². The van der Waals surface area contributed by atoms with Gasteiger partial charge in [-0.2, -0.15) is 0 Å². The van der Waals surface area contributed by atoms with E-state index in [1.54, 1.807) is 44.6 Å². The van der Waals surface area contributed by atoms with Crippen LogP contribution in [0.5, 0.6) is 5.75 Å². The molecule has 1 atom stereocenters. The van der Waals surface area contributed by atoms with E-state index in [2.05, 4.69) is 4.98 Å². The summed E-state index contributed by atoms with van der Waals surface area (Å²) in [7, 11) is 3.36. The zero-order chi connectivity index (χ0) is 18.5. The second-order valence-electron chi connectivity index (χ2n) is 6.60. The summed E-state index contributed by atoms with van der Waals surface area (Å²) in [6.45, 7) is 1.33. The SMILES string of the molecule is CN(C)C(=O)COc1cccc(C(=O)N2CC[C@H](c3ccccn3)C2)c1. The number of amides is 2. The first-order valence-electron chi connectivity index (χ1n) is 8.68. The standard InChI is InChI=1S/C20H23N3O3/c1-22(2)19(24)14-26-17-7-5-6-15(12-17)20(25)23-11-9-16(13-23)18-8-3-4-10-21-18/h3-8,10,12,16H,9,11,13-14H2,1-2H3/t16-/m0/s1. The van der Waals surface area contributed by atoms with Crippen LogP contribution in [-0.4, -0.2) is 60.4 Å². The van der Waals surface area contributed by atoms with Gasteiger partial charge in [0, 0.05) is 50.6 Å². The van der Waals surface area contributed by atoms with Crippen molar-refractivity contribution in [2.45, 2.75) is 12.3 Å². The third-order valence-electron chi connectivity index (χ3n) is 4.52. The highest BCUT2D eigenvalue weighted by Crippen LogP contribution is 2.27. The number of carbonyl (C=O) groups excluding carboxylic acids is 2. The molecule has 136 valence electrons. The van der Waals surface area contributed by atoms with Crippen LogP contribution in [0.2, 0.25) is 0 Å². The molecule has 0 saturated carbocycles. The van der Waals surface area contributed by atoms with E-state index < -0.39 is 0 Å². The number of ether oxygens (including phenoxy) is 1. The van der Waals surface area contributed by atoms with Gasteiger partial charge in [0.15, 0.2) is 6.61 Å². The van der Waals surface area contributed by atoms with E-state index in [1.165, 1.54) is 4.90 Å². The molecule has 26 heavy (non-hydrogen) atoms. The second kappa shape index (κ2) is 7.99. The quantitative estimate of drug-likeness (QED) is 0.827. The Balaban J connectivity index is 1.63. The van der Waals surface area contributed by atoms with Crippen molar-refractivity contribution < 1.29 is 14.3 Å². The summed E-state index contributed by atoms with van der Waals surface area (Å²) in [6.07, 6.45) is 2.70. The first-order chi connectivity index (χ1) is 12.5. The monoisotopic (exact) mass is 353 g/mol. The molecule has 0 N–H and O–H groups in total. The van der Waals surface area contributed by atoms with Crippen molar-refractivity contribution in [3.8, 4) is 5.75 Å². The first kappa shape index (κ1) is 17.9. The summed E-state index contributed by atoms with van der Waals surface area (Å²) in [5, 5.41) is 0. The van der Waals surface area contributed by atoms with Crippen LogP contribution in [0.1, 0.15) is 28.4 Å². The average Bonchev–Trinajstić information content (AvgIpc) is 3.16. The largest absolute Gasteiger partial charge is 0.484 e. The third kappa shape index (κ3) is 4.20. The van der Waals surface area contributed by atoms with Gasteiger partial charge >= 0.3 is 0 Å². The van der Waals surface area contributed by atoms with Crippen LogP contribution in [0.15, 0.2) is 48.7 Å². The maximum Gasteiger partial charge on any atom is 0.259 e. The molecule has 3 rings (SSSR count). The summed E-state index contributed by atoms with van der Waals surface area (Å²) in [6, 6.07) is 12.9. The lowest BCUT2D eigenvalue weighted by Crippen LogP contribution is -2.29. The van der Waals surface area contributed by atoms with Crippen molar-refractivity contribution >= 4 is 11.8 Å². The molecule has 1 aromatic carbocycles. The Labute approximate surface area is 153 Å². The van der Waals surface area contributed by atoms with Gasteiger partial charge in [-0.15, -0.1) is 0 Å². The van der Waals surface area contributed by atoms with Crippen molar-refractivity contribution in [3.05, 3.63) is 59.9 Å². The maximum absolute atomic E-state index is 12.8. The predicted octanol–water partition coefficient (Wildman–Crippen LogP) is 2.18. The molecule has 0 radical (unpaired) electrons. The Morgan fingerprint density at radius 2 is 2.08 bits per heavy atom. The number of aromatic nitrogens is 1. The molecule has 0 spiro atoms. The van der Waals surface area contributed by atoms with E-state index in [1.807, 2.05) is 23.1 Å². The molecule has 0 unspecified atom stereocenters. The molecular weight excluding hydrogens is 330 g/mol. The zero-order valence-electron chi connectivity index (χ0n) is 15.1. The van der Waals surface area contributed by atoms with Gasteiger partial charge in [-0.05, 0) is 36.8 Å². The van der Waals surface area contributed by atoms with Gasteiger partial charge in [0.2, 0.25) is 0 Å². The van der Waals surface area contributed by atoms with Gasteiger partial charge in [-0.3, -0.25) is 14.6 Å². The predicted molar refractivity (Wildman–Crippen MR) is 98.1 cm³/mol. The van der Waals surface area contributed by atoms with Crippen LogP contribution in [0, 0.1) is 0 Å². The molecule has 2 aromatic rings. The number of pyridine rings is 1. The minimum absolute atomic E-state index is 0.0205. The van der Waals surface area contributed by atoms with E-state index in [-0.39, 0.29) is 24.3 Å². The van der Waals surface area contributed by atoms with Crippen molar-refractivity contribution in [2.75, 3.05) is 33.8 Å². The summed E-state index contributed by atoms with van der Waals surface area (Å²) in [4.78, 5) is 32.2. The van der Waals surface area contributed by atoms with Crippen molar-refractivity contribution in [3.63, 3.8) is 0 Å². The van der Waals surface area contributed by atoms with Gasteiger partial charge < -0.3 is 14.5 Å². The number of benzene rings is 1. The smallest absolute Gasteiger partial charge is 0.259 e. The van der Waals surface area contributed by atoms with E-state index in [0.29, 0.717) is 24.4 Å². The molecule has 1 fully saturated rings. The van der Waals surface area contributed by atoms with Crippen LogP contribution in [-0.2, 0) is 4.79 Å². The van der Waals surface area contributed by atoms with Crippen LogP contribution in [0.3, 0.4) is 0 Å². The lowest BCUT2D eigenvalue weighted by atomic mass is 10.0. The van der Waals surface area contributed by atoms with Gasteiger partial charge in [0.05, 0.1) is 0 Å². The molecule has 2 amide bonds. The Morgan fingerprint density at radius 1 is 1.23 bits per heavy atom. The molecule has 0 aliphatic carbocycles. The first-order valence-corrected chi connectivity index (χ1v) is 8.68. The summed E-state index contributed by atoms with van der Waals surface area (Å²) < 4.78 is 5.50. The zero-order valence-corrected chi connectivity index (χ0v) is 15.1. The summed E-state index contributed by atoms with van der Waals surface area (Å²) >= 11 is 0. The van der Waals surface area contributed by atoms with Crippen molar-refractivity contribution in [2.24, 2.45) is 0 Å². The molecule has 1 saturated heterocycles. The molecule has 1 aliphatic rings. The average molecular weight is 353 g/mol. The Bertz CT molecular complexity index is 777. The fourth-order valence-electron chi connectivity index (χ4n) is 2.98. The number of carbonyl (C=O) groups is 2. The summed E-state index contributed by atoms with van der Waals surface area (Å²) in [5.74, 6) is 0.649. The van der Waals surface area contributed by atoms with Crippen LogP contribution in [0.25, 0.3) is 0 Å². The molecule has 2 heterocycles. The van der Waals surface area contributed by atoms with Gasteiger partial charge in [-0.25, -0.2) is 0 Å². The topological polar surface area (TPSA) is 62.7 Å². The lowest BCUT2D eigenvalue weighted by molar-refractivity contribution is -0.130. The number of hydrogen-bond acceptors (Lipinski definition) is 4. The Hall–Kier alpha value is -2.89. The van der Waals surface area contributed by atoms with Crippen molar-refractivity contribution in [1.82, 2.24) is 14.8 Å². The highest BCUT2D eigenvalue weighted by atomic mass is 16.5. The van der Waals surface area contributed by atoms with E-state index in [0.717, 1.165) is 12.1 Å². The van der Waals surface area contributed by atoms with Crippen LogP contribution < -0.4 is 4.74 Å². The van der Waals surface area contributed by atoms with E-state index in [9.17, 15) is 9.59 Å². The Morgan fingerprint density at radius 3 is 2.81 bits per heavy atom. The minimum atomic E-state index is -0.125. The molecule has 6 nitrogen and oxygen atoms in total. The minimum Gasteiger partial charge on any atom is -0.484 e.